The maximum Gasteiger partial charge on any atom is 0.305 e. The second-order valence-electron chi connectivity index (χ2n) is 18.7. The van der Waals surface area contributed by atoms with E-state index in [9.17, 15) is 4.79 Å². The van der Waals surface area contributed by atoms with Gasteiger partial charge in [0, 0.05) is 6.42 Å². The summed E-state index contributed by atoms with van der Waals surface area (Å²) >= 11 is 0. The number of hydrogen-bond acceptors (Lipinski definition) is 2. The van der Waals surface area contributed by atoms with E-state index in [-0.39, 0.29) is 5.97 Å². The Morgan fingerprint density at radius 2 is 0.500 bits per heavy atom. The lowest BCUT2D eigenvalue weighted by molar-refractivity contribution is -0.143. The largest absolute Gasteiger partial charge is 0.466 e. The predicted molar refractivity (Wildman–Crippen MR) is 253 cm³/mol. The molecule has 0 aliphatic carbocycles. The van der Waals surface area contributed by atoms with Crippen LogP contribution in [0.3, 0.4) is 0 Å². The molecular weight excluding hydrogens is 681 g/mol. The molecule has 336 valence electrons. The molecule has 0 aromatic carbocycles. The maximum absolute atomic E-state index is 12.1. The van der Waals surface area contributed by atoms with Crippen molar-refractivity contribution in [2.75, 3.05) is 6.61 Å². The molecule has 56 heavy (non-hydrogen) atoms. The van der Waals surface area contributed by atoms with E-state index in [1.165, 1.54) is 289 Å². The van der Waals surface area contributed by atoms with Crippen LogP contribution in [0.2, 0.25) is 0 Å². The summed E-state index contributed by atoms with van der Waals surface area (Å²) in [5, 5.41) is 0. The number of carbonyl (C=O) groups excluding carboxylic acids is 1. The summed E-state index contributed by atoms with van der Waals surface area (Å²) < 4.78 is 5.53. The lowest BCUT2D eigenvalue weighted by Gasteiger charge is -2.17. The molecule has 0 spiro atoms. The molecule has 0 N–H and O–H groups in total. The molecular formula is C54H108O2. The van der Waals surface area contributed by atoms with Gasteiger partial charge in [0.25, 0.3) is 0 Å². The third-order valence-electron chi connectivity index (χ3n) is 12.9. The van der Waals surface area contributed by atoms with Crippen LogP contribution >= 0.6 is 0 Å². The van der Waals surface area contributed by atoms with E-state index in [0.717, 1.165) is 18.8 Å². The van der Waals surface area contributed by atoms with Gasteiger partial charge in [-0.3, -0.25) is 4.79 Å². The number of esters is 1. The number of rotatable bonds is 50. The topological polar surface area (TPSA) is 26.3 Å². The van der Waals surface area contributed by atoms with Crippen molar-refractivity contribution in [3.8, 4) is 0 Å². The SMILES string of the molecule is CCCCCCCCCCCCCCCCCCOC(=O)CCCCCCCCCCC(CCCCCC)CCCCCCCCCCCCCCCCCC. The highest BCUT2D eigenvalue weighted by atomic mass is 16.5. The fraction of sp³-hybridized carbons (Fsp3) is 0.981. The zero-order valence-electron chi connectivity index (χ0n) is 39.5. The average molecular weight is 789 g/mol. The minimum atomic E-state index is 0.0368. The lowest BCUT2D eigenvalue weighted by atomic mass is 9.89. The molecule has 0 aromatic rings. The lowest BCUT2D eigenvalue weighted by Crippen LogP contribution is -2.05. The number of unbranched alkanes of at least 4 members (excludes halogenated alkanes) is 40. The average Bonchev–Trinajstić information content (AvgIpc) is 3.20. The third kappa shape index (κ3) is 47.8. The predicted octanol–water partition coefficient (Wildman–Crippen LogP) is 19.9. The van der Waals surface area contributed by atoms with Crippen molar-refractivity contribution < 1.29 is 9.53 Å². The van der Waals surface area contributed by atoms with E-state index in [2.05, 4.69) is 20.8 Å². The van der Waals surface area contributed by atoms with Gasteiger partial charge in [0.05, 0.1) is 6.61 Å². The Morgan fingerprint density at radius 1 is 0.286 bits per heavy atom. The van der Waals surface area contributed by atoms with E-state index < -0.39 is 0 Å². The molecule has 0 aliphatic heterocycles. The molecule has 2 nitrogen and oxygen atoms in total. The van der Waals surface area contributed by atoms with Gasteiger partial charge in [-0.1, -0.05) is 310 Å². The second-order valence-corrected chi connectivity index (χ2v) is 18.7. The van der Waals surface area contributed by atoms with Crippen LogP contribution in [0.5, 0.6) is 0 Å². The zero-order valence-corrected chi connectivity index (χ0v) is 39.5. The highest BCUT2D eigenvalue weighted by molar-refractivity contribution is 5.69. The maximum atomic E-state index is 12.1. The van der Waals surface area contributed by atoms with Gasteiger partial charge in [-0.25, -0.2) is 0 Å². The molecule has 0 saturated carbocycles. The van der Waals surface area contributed by atoms with E-state index >= 15 is 0 Å². The molecule has 0 rings (SSSR count). The van der Waals surface area contributed by atoms with Crippen LogP contribution in [0.4, 0.5) is 0 Å². The van der Waals surface area contributed by atoms with E-state index in [4.69, 9.17) is 4.74 Å². The molecule has 0 saturated heterocycles. The molecule has 0 bridgehead atoms. The van der Waals surface area contributed by atoms with Crippen LogP contribution in [0.15, 0.2) is 0 Å². The monoisotopic (exact) mass is 789 g/mol. The second kappa shape index (κ2) is 50.6. The first-order valence-corrected chi connectivity index (χ1v) is 26.9. The highest BCUT2D eigenvalue weighted by Gasteiger charge is 2.09. The first kappa shape index (κ1) is 55.5. The molecule has 0 amide bonds. The Bertz CT molecular complexity index is 703. The molecule has 0 aromatic heterocycles. The molecule has 0 radical (unpaired) electrons. The van der Waals surface area contributed by atoms with Gasteiger partial charge in [-0.2, -0.15) is 0 Å². The quantitative estimate of drug-likeness (QED) is 0.0453. The van der Waals surface area contributed by atoms with Crippen molar-refractivity contribution in [3.63, 3.8) is 0 Å². The standard InChI is InChI=1S/C54H108O2/c1-4-7-10-13-15-17-19-21-23-25-27-29-31-35-39-44-49-53(48-43-12-9-6-3)50-45-40-36-32-33-37-41-46-51-54(55)56-52-47-42-38-34-30-28-26-24-22-20-18-16-14-11-8-5-2/h53H,4-52H2,1-3H3. The Kier molecular flexibility index (Phi) is 50.1. The van der Waals surface area contributed by atoms with Gasteiger partial charge in [0.2, 0.25) is 0 Å². The molecule has 1 unspecified atom stereocenters. The van der Waals surface area contributed by atoms with Crippen LogP contribution in [-0.4, -0.2) is 12.6 Å². The van der Waals surface area contributed by atoms with Crippen LogP contribution in [0.1, 0.15) is 329 Å². The Labute approximate surface area is 355 Å². The molecule has 2 heteroatoms. The van der Waals surface area contributed by atoms with Gasteiger partial charge < -0.3 is 4.74 Å². The Hall–Kier alpha value is -0.530. The minimum absolute atomic E-state index is 0.0368. The van der Waals surface area contributed by atoms with E-state index in [1.807, 2.05) is 0 Å². The fourth-order valence-corrected chi connectivity index (χ4v) is 8.95. The van der Waals surface area contributed by atoms with E-state index in [0.29, 0.717) is 13.0 Å². The van der Waals surface area contributed by atoms with Gasteiger partial charge in [0.1, 0.15) is 0 Å². The zero-order chi connectivity index (χ0) is 40.5. The summed E-state index contributed by atoms with van der Waals surface area (Å²) in [5.74, 6) is 1.03. The molecule has 1 atom stereocenters. The van der Waals surface area contributed by atoms with Crippen molar-refractivity contribution >= 4 is 5.97 Å². The Balaban J connectivity index is 3.57. The highest BCUT2D eigenvalue weighted by Crippen LogP contribution is 2.25. The van der Waals surface area contributed by atoms with Crippen LogP contribution in [-0.2, 0) is 9.53 Å². The van der Waals surface area contributed by atoms with Crippen molar-refractivity contribution in [2.24, 2.45) is 5.92 Å². The summed E-state index contributed by atoms with van der Waals surface area (Å²) in [7, 11) is 0. The van der Waals surface area contributed by atoms with Crippen LogP contribution in [0, 0.1) is 5.92 Å². The first-order valence-electron chi connectivity index (χ1n) is 26.9. The number of ether oxygens (including phenoxy) is 1. The summed E-state index contributed by atoms with van der Waals surface area (Å²) in [6, 6.07) is 0. The van der Waals surface area contributed by atoms with Crippen molar-refractivity contribution in [2.45, 2.75) is 329 Å². The third-order valence-corrected chi connectivity index (χ3v) is 12.9. The van der Waals surface area contributed by atoms with Gasteiger partial charge in [-0.15, -0.1) is 0 Å². The number of carbonyl (C=O) groups is 1. The first-order chi connectivity index (χ1) is 27.7. The summed E-state index contributed by atoms with van der Waals surface area (Å²) in [6.07, 6.45) is 66.7. The van der Waals surface area contributed by atoms with Crippen LogP contribution < -0.4 is 0 Å². The molecule has 0 heterocycles. The summed E-state index contributed by atoms with van der Waals surface area (Å²) in [5.41, 5.74) is 0. The summed E-state index contributed by atoms with van der Waals surface area (Å²) in [6.45, 7) is 7.58. The number of hydrogen-bond donors (Lipinski definition) is 0. The van der Waals surface area contributed by atoms with Crippen molar-refractivity contribution in [1.82, 2.24) is 0 Å². The van der Waals surface area contributed by atoms with Gasteiger partial charge in [-0.05, 0) is 18.8 Å². The van der Waals surface area contributed by atoms with Crippen molar-refractivity contribution in [3.05, 3.63) is 0 Å². The molecule has 0 fully saturated rings. The van der Waals surface area contributed by atoms with Gasteiger partial charge >= 0.3 is 5.97 Å². The van der Waals surface area contributed by atoms with Crippen LogP contribution in [0.25, 0.3) is 0 Å². The summed E-state index contributed by atoms with van der Waals surface area (Å²) in [4.78, 5) is 12.1. The Morgan fingerprint density at radius 3 is 0.786 bits per heavy atom. The normalized spacial score (nSPS) is 12.1. The van der Waals surface area contributed by atoms with E-state index in [1.54, 1.807) is 0 Å². The minimum Gasteiger partial charge on any atom is -0.466 e. The molecule has 0 aliphatic rings. The fourth-order valence-electron chi connectivity index (χ4n) is 8.95. The van der Waals surface area contributed by atoms with Crippen molar-refractivity contribution in [1.29, 1.82) is 0 Å². The smallest absolute Gasteiger partial charge is 0.305 e. The van der Waals surface area contributed by atoms with Gasteiger partial charge in [0.15, 0.2) is 0 Å².